The number of nitrogens with zero attached hydrogens (tertiary/aromatic N) is 1. The normalized spacial score (nSPS) is 9.83. The summed E-state index contributed by atoms with van der Waals surface area (Å²) in [7, 11) is 1.82. The van der Waals surface area contributed by atoms with Gasteiger partial charge in [0.05, 0.1) is 6.54 Å². The van der Waals surface area contributed by atoms with Gasteiger partial charge in [0.2, 0.25) is 0 Å². The molecule has 1 rings (SSSR count). The molecule has 3 heteroatoms. The fraction of sp³-hybridized carbons (Fsp3) is 0.400. The van der Waals surface area contributed by atoms with Gasteiger partial charge in [-0.15, -0.1) is 0 Å². The number of benzene rings is 1. The lowest BCUT2D eigenvalue weighted by atomic mass is 10.1. The second kappa shape index (κ2) is 6.83. The van der Waals surface area contributed by atoms with Gasteiger partial charge in [-0.2, -0.15) is 0 Å². The largest absolute Gasteiger partial charge is 0.341 e. The molecule has 0 spiro atoms. The maximum atomic E-state index is 12.1. The smallest absolute Gasteiger partial charge is 0.253 e. The van der Waals surface area contributed by atoms with Crippen molar-refractivity contribution in [3.05, 3.63) is 35.4 Å². The minimum atomic E-state index is 0.0436. The molecule has 0 bridgehead atoms. The van der Waals surface area contributed by atoms with Crippen LogP contribution in [0.2, 0.25) is 0 Å². The van der Waals surface area contributed by atoms with E-state index >= 15 is 0 Å². The van der Waals surface area contributed by atoms with Crippen LogP contribution in [0.15, 0.2) is 24.3 Å². The Morgan fingerprint density at radius 1 is 1.33 bits per heavy atom. The van der Waals surface area contributed by atoms with Gasteiger partial charge in [-0.3, -0.25) is 4.79 Å². The molecule has 18 heavy (non-hydrogen) atoms. The molecule has 2 N–H and O–H groups in total. The van der Waals surface area contributed by atoms with Gasteiger partial charge in [0.25, 0.3) is 5.91 Å². The van der Waals surface area contributed by atoms with E-state index in [1.165, 1.54) is 0 Å². The first-order chi connectivity index (χ1) is 8.54. The SMILES string of the molecule is CC(C)CN(C)C(=O)c1ccc(C#CCN)cc1. The summed E-state index contributed by atoms with van der Waals surface area (Å²) >= 11 is 0. The zero-order chi connectivity index (χ0) is 13.5. The molecule has 0 fully saturated rings. The fourth-order valence-corrected chi connectivity index (χ4v) is 1.70. The Hall–Kier alpha value is -1.79. The van der Waals surface area contributed by atoms with Gasteiger partial charge in [0, 0.05) is 24.7 Å². The molecule has 0 aliphatic heterocycles. The molecule has 1 aromatic carbocycles. The Kier molecular flexibility index (Phi) is 5.41. The summed E-state index contributed by atoms with van der Waals surface area (Å²) in [6.45, 7) is 5.29. The van der Waals surface area contributed by atoms with Crippen molar-refractivity contribution < 1.29 is 4.79 Å². The molecule has 0 atom stereocenters. The fourth-order valence-electron chi connectivity index (χ4n) is 1.70. The zero-order valence-corrected chi connectivity index (χ0v) is 11.2. The third-order valence-electron chi connectivity index (χ3n) is 2.45. The van der Waals surface area contributed by atoms with Crippen molar-refractivity contribution in [3.8, 4) is 11.8 Å². The number of rotatable bonds is 3. The lowest BCUT2D eigenvalue weighted by molar-refractivity contribution is 0.0779. The van der Waals surface area contributed by atoms with Crippen LogP contribution in [-0.2, 0) is 0 Å². The highest BCUT2D eigenvalue weighted by Crippen LogP contribution is 2.07. The van der Waals surface area contributed by atoms with Crippen molar-refractivity contribution in [1.82, 2.24) is 4.90 Å². The Morgan fingerprint density at radius 3 is 2.44 bits per heavy atom. The summed E-state index contributed by atoms with van der Waals surface area (Å²) in [5, 5.41) is 0. The standard InChI is InChI=1S/C15H20N2O/c1-12(2)11-17(3)15(18)14-8-6-13(7-9-14)5-4-10-16/h6-9,12H,10-11,16H2,1-3H3. The van der Waals surface area contributed by atoms with Gasteiger partial charge in [-0.25, -0.2) is 0 Å². The van der Waals surface area contributed by atoms with Gasteiger partial charge in [0.15, 0.2) is 0 Å². The van der Waals surface area contributed by atoms with Gasteiger partial charge in [-0.05, 0) is 30.2 Å². The second-order valence-electron chi connectivity index (χ2n) is 4.66. The van der Waals surface area contributed by atoms with Crippen LogP contribution in [0.1, 0.15) is 29.8 Å². The number of amides is 1. The molecule has 3 nitrogen and oxygen atoms in total. The van der Waals surface area contributed by atoms with Gasteiger partial charge < -0.3 is 10.6 Å². The van der Waals surface area contributed by atoms with E-state index in [2.05, 4.69) is 25.7 Å². The molecule has 0 unspecified atom stereocenters. The van der Waals surface area contributed by atoms with E-state index in [0.717, 1.165) is 12.1 Å². The summed E-state index contributed by atoms with van der Waals surface area (Å²) in [6.07, 6.45) is 0. The van der Waals surface area contributed by atoms with Crippen LogP contribution in [-0.4, -0.2) is 30.9 Å². The average Bonchev–Trinajstić information content (AvgIpc) is 2.35. The zero-order valence-electron chi connectivity index (χ0n) is 11.2. The van der Waals surface area contributed by atoms with Crippen LogP contribution in [0.5, 0.6) is 0 Å². The maximum absolute atomic E-state index is 12.1. The molecule has 0 heterocycles. The van der Waals surface area contributed by atoms with E-state index in [1.807, 2.05) is 19.2 Å². The highest BCUT2D eigenvalue weighted by Gasteiger charge is 2.12. The topological polar surface area (TPSA) is 46.3 Å². The molecule has 1 amide bonds. The van der Waals surface area contributed by atoms with Crippen molar-refractivity contribution in [2.45, 2.75) is 13.8 Å². The first-order valence-electron chi connectivity index (χ1n) is 6.09. The lowest BCUT2D eigenvalue weighted by Gasteiger charge is -2.19. The van der Waals surface area contributed by atoms with Crippen molar-refractivity contribution >= 4 is 5.91 Å². The van der Waals surface area contributed by atoms with E-state index in [-0.39, 0.29) is 5.91 Å². The van der Waals surface area contributed by atoms with Crippen LogP contribution >= 0.6 is 0 Å². The average molecular weight is 244 g/mol. The molecule has 1 aromatic rings. The predicted molar refractivity (Wildman–Crippen MR) is 74.2 cm³/mol. The molecule has 0 aliphatic carbocycles. The Bertz CT molecular complexity index is 452. The maximum Gasteiger partial charge on any atom is 0.253 e. The molecular formula is C15H20N2O. The monoisotopic (exact) mass is 244 g/mol. The number of carbonyl (C=O) groups excluding carboxylic acids is 1. The molecule has 0 aliphatic rings. The summed E-state index contributed by atoms with van der Waals surface area (Å²) in [5.74, 6) is 6.23. The summed E-state index contributed by atoms with van der Waals surface area (Å²) in [6, 6.07) is 7.30. The number of nitrogens with two attached hydrogens (primary N) is 1. The Morgan fingerprint density at radius 2 is 1.94 bits per heavy atom. The van der Waals surface area contributed by atoms with E-state index in [4.69, 9.17) is 5.73 Å². The van der Waals surface area contributed by atoms with Gasteiger partial charge in [0.1, 0.15) is 0 Å². The molecule has 96 valence electrons. The van der Waals surface area contributed by atoms with E-state index in [0.29, 0.717) is 18.0 Å². The van der Waals surface area contributed by atoms with Crippen molar-refractivity contribution in [1.29, 1.82) is 0 Å². The molecule has 0 radical (unpaired) electrons. The number of carbonyl (C=O) groups is 1. The van der Waals surface area contributed by atoms with Crippen LogP contribution in [0, 0.1) is 17.8 Å². The molecule has 0 aromatic heterocycles. The lowest BCUT2D eigenvalue weighted by Crippen LogP contribution is -2.30. The highest BCUT2D eigenvalue weighted by atomic mass is 16.2. The van der Waals surface area contributed by atoms with Crippen molar-refractivity contribution in [3.63, 3.8) is 0 Å². The van der Waals surface area contributed by atoms with Crippen LogP contribution in [0.25, 0.3) is 0 Å². The van der Waals surface area contributed by atoms with Crippen molar-refractivity contribution in [2.75, 3.05) is 20.1 Å². The summed E-state index contributed by atoms with van der Waals surface area (Å²) in [4.78, 5) is 13.8. The summed E-state index contributed by atoms with van der Waals surface area (Å²) in [5.41, 5.74) is 6.88. The van der Waals surface area contributed by atoms with E-state index < -0.39 is 0 Å². The summed E-state index contributed by atoms with van der Waals surface area (Å²) < 4.78 is 0. The predicted octanol–water partition coefficient (Wildman–Crippen LogP) is 1.72. The van der Waals surface area contributed by atoms with E-state index in [1.54, 1.807) is 17.0 Å². The third kappa shape index (κ3) is 4.23. The highest BCUT2D eigenvalue weighted by molar-refractivity contribution is 5.94. The Balaban J connectivity index is 2.75. The number of hydrogen-bond donors (Lipinski definition) is 1. The van der Waals surface area contributed by atoms with Gasteiger partial charge in [-0.1, -0.05) is 25.7 Å². The van der Waals surface area contributed by atoms with Gasteiger partial charge >= 0.3 is 0 Å². The minimum absolute atomic E-state index is 0.0436. The molecule has 0 saturated carbocycles. The second-order valence-corrected chi connectivity index (χ2v) is 4.66. The first-order valence-corrected chi connectivity index (χ1v) is 6.09. The van der Waals surface area contributed by atoms with E-state index in [9.17, 15) is 4.79 Å². The number of hydrogen-bond acceptors (Lipinski definition) is 2. The van der Waals surface area contributed by atoms with Crippen LogP contribution in [0.4, 0.5) is 0 Å². The third-order valence-corrected chi connectivity index (χ3v) is 2.45. The van der Waals surface area contributed by atoms with Crippen molar-refractivity contribution in [2.24, 2.45) is 11.7 Å². The molecule has 0 saturated heterocycles. The quantitative estimate of drug-likeness (QED) is 0.823. The van der Waals surface area contributed by atoms with Crippen LogP contribution < -0.4 is 5.73 Å². The minimum Gasteiger partial charge on any atom is -0.341 e. The molecular weight excluding hydrogens is 224 g/mol. The first kappa shape index (κ1) is 14.3. The Labute approximate surface area is 109 Å². The van der Waals surface area contributed by atoms with Crippen LogP contribution in [0.3, 0.4) is 0 Å².